The van der Waals surface area contributed by atoms with Crippen LogP contribution in [0, 0.1) is 6.92 Å². The van der Waals surface area contributed by atoms with Crippen LogP contribution < -0.4 is 5.32 Å². The third-order valence-corrected chi connectivity index (χ3v) is 3.95. The van der Waals surface area contributed by atoms with Gasteiger partial charge in [0, 0.05) is 6.04 Å². The minimum absolute atomic E-state index is 0.0446. The van der Waals surface area contributed by atoms with Crippen LogP contribution in [0.1, 0.15) is 35.2 Å². The molecule has 0 aliphatic heterocycles. The van der Waals surface area contributed by atoms with Gasteiger partial charge in [0.25, 0.3) is 5.91 Å². The first-order chi connectivity index (χ1) is 8.08. The highest BCUT2D eigenvalue weighted by Crippen LogP contribution is 2.25. The molecule has 2 nitrogen and oxygen atoms in total. The van der Waals surface area contributed by atoms with Crippen molar-refractivity contribution >= 4 is 29.1 Å². The molecule has 0 heterocycles. The molecule has 0 aromatic heterocycles. The van der Waals surface area contributed by atoms with Crippen molar-refractivity contribution in [1.29, 1.82) is 0 Å². The topological polar surface area (TPSA) is 29.1 Å². The van der Waals surface area contributed by atoms with E-state index in [-0.39, 0.29) is 17.3 Å². The number of aryl methyl sites for hydroxylation is 1. The molecule has 2 atom stereocenters. The van der Waals surface area contributed by atoms with Crippen LogP contribution in [-0.2, 0) is 0 Å². The van der Waals surface area contributed by atoms with Crippen molar-refractivity contribution in [2.24, 2.45) is 0 Å². The molecular weight excluding hydrogens is 257 g/mol. The molecule has 17 heavy (non-hydrogen) atoms. The van der Waals surface area contributed by atoms with Gasteiger partial charge in [-0.05, 0) is 43.9 Å². The first kappa shape index (κ1) is 12.7. The van der Waals surface area contributed by atoms with E-state index in [1.54, 1.807) is 12.1 Å². The molecule has 1 saturated carbocycles. The van der Waals surface area contributed by atoms with Gasteiger partial charge in [-0.25, -0.2) is 0 Å². The molecule has 92 valence electrons. The highest BCUT2D eigenvalue weighted by atomic mass is 35.5. The first-order valence-electron chi connectivity index (χ1n) is 5.79. The lowest BCUT2D eigenvalue weighted by Crippen LogP contribution is -2.37. The maximum absolute atomic E-state index is 12.0. The van der Waals surface area contributed by atoms with E-state index in [1.165, 1.54) is 0 Å². The smallest absolute Gasteiger partial charge is 0.253 e. The lowest BCUT2D eigenvalue weighted by atomic mass is 10.1. The van der Waals surface area contributed by atoms with E-state index in [1.807, 2.05) is 13.0 Å². The monoisotopic (exact) mass is 271 g/mol. The normalized spacial score (nSPS) is 23.7. The highest BCUT2D eigenvalue weighted by Gasteiger charge is 2.27. The maximum Gasteiger partial charge on any atom is 0.253 e. The molecule has 1 aliphatic carbocycles. The maximum atomic E-state index is 12.0. The van der Waals surface area contributed by atoms with Crippen LogP contribution in [0.4, 0.5) is 0 Å². The van der Waals surface area contributed by atoms with Gasteiger partial charge in [-0.1, -0.05) is 17.7 Å². The number of alkyl halides is 1. The van der Waals surface area contributed by atoms with Gasteiger partial charge in [0.05, 0.1) is 16.0 Å². The van der Waals surface area contributed by atoms with Crippen molar-refractivity contribution in [2.75, 3.05) is 0 Å². The summed E-state index contributed by atoms with van der Waals surface area (Å²) in [4.78, 5) is 12.0. The van der Waals surface area contributed by atoms with Crippen LogP contribution in [0.2, 0.25) is 5.02 Å². The number of halogens is 2. The molecule has 2 unspecified atom stereocenters. The second-order valence-corrected chi connectivity index (χ2v) is 5.48. The minimum atomic E-state index is -0.132. The van der Waals surface area contributed by atoms with E-state index >= 15 is 0 Å². The van der Waals surface area contributed by atoms with Gasteiger partial charge in [-0.2, -0.15) is 0 Å². The highest BCUT2D eigenvalue weighted by molar-refractivity contribution is 6.34. The van der Waals surface area contributed by atoms with E-state index in [0.29, 0.717) is 10.6 Å². The Balaban J connectivity index is 2.09. The van der Waals surface area contributed by atoms with Gasteiger partial charge in [0.2, 0.25) is 0 Å². The Morgan fingerprint density at radius 1 is 1.41 bits per heavy atom. The van der Waals surface area contributed by atoms with E-state index < -0.39 is 0 Å². The summed E-state index contributed by atoms with van der Waals surface area (Å²) in [6.07, 6.45) is 2.98. The summed E-state index contributed by atoms with van der Waals surface area (Å²) in [5, 5.41) is 3.49. The predicted octanol–water partition coefficient (Wildman–Crippen LogP) is 3.54. The van der Waals surface area contributed by atoms with Gasteiger partial charge in [-0.15, -0.1) is 11.6 Å². The first-order valence-corrected chi connectivity index (χ1v) is 6.60. The van der Waals surface area contributed by atoms with Gasteiger partial charge >= 0.3 is 0 Å². The Hall–Kier alpha value is -0.730. The molecular formula is C13H15Cl2NO. The number of benzene rings is 1. The fraction of sp³-hybridized carbons (Fsp3) is 0.462. The second-order valence-electron chi connectivity index (χ2n) is 4.51. The lowest BCUT2D eigenvalue weighted by Gasteiger charge is -2.16. The van der Waals surface area contributed by atoms with Gasteiger partial charge in [-0.3, -0.25) is 4.79 Å². The Labute approximate surface area is 111 Å². The quantitative estimate of drug-likeness (QED) is 0.820. The summed E-state index contributed by atoms with van der Waals surface area (Å²) in [6.45, 7) is 1.94. The van der Waals surface area contributed by atoms with E-state index in [4.69, 9.17) is 23.2 Å². The lowest BCUT2D eigenvalue weighted by molar-refractivity contribution is 0.0938. The van der Waals surface area contributed by atoms with Crippen LogP contribution >= 0.6 is 23.2 Å². The molecule has 0 radical (unpaired) electrons. The van der Waals surface area contributed by atoms with Gasteiger partial charge in [0.1, 0.15) is 0 Å². The predicted molar refractivity (Wildman–Crippen MR) is 70.9 cm³/mol. The molecule has 4 heteroatoms. The number of amides is 1. The molecule has 0 bridgehead atoms. The van der Waals surface area contributed by atoms with Gasteiger partial charge in [0.15, 0.2) is 0 Å². The average Bonchev–Trinajstić information content (AvgIpc) is 2.64. The molecule has 1 amide bonds. The standard InChI is InChI=1S/C13H15Cl2NO/c1-8-5-6-9(11(15)7-8)13(17)16-12-4-2-3-10(12)14/h5-7,10,12H,2-4H2,1H3,(H,16,17). The molecule has 1 fully saturated rings. The molecule has 0 spiro atoms. The summed E-state index contributed by atoms with van der Waals surface area (Å²) in [7, 11) is 0. The van der Waals surface area contributed by atoms with E-state index in [2.05, 4.69) is 5.32 Å². The Kier molecular flexibility index (Phi) is 3.95. The van der Waals surface area contributed by atoms with Crippen molar-refractivity contribution in [3.63, 3.8) is 0 Å². The van der Waals surface area contributed by atoms with Gasteiger partial charge < -0.3 is 5.32 Å². The number of nitrogens with one attached hydrogen (secondary N) is 1. The van der Waals surface area contributed by atoms with Crippen molar-refractivity contribution in [2.45, 2.75) is 37.6 Å². The molecule has 1 aromatic rings. The number of carbonyl (C=O) groups excluding carboxylic acids is 1. The van der Waals surface area contributed by atoms with Crippen molar-refractivity contribution in [1.82, 2.24) is 5.32 Å². The SMILES string of the molecule is Cc1ccc(C(=O)NC2CCCC2Cl)c(Cl)c1. The van der Waals surface area contributed by atoms with E-state index in [9.17, 15) is 4.79 Å². The number of carbonyl (C=O) groups is 1. The van der Waals surface area contributed by atoms with E-state index in [0.717, 1.165) is 24.8 Å². The summed E-state index contributed by atoms with van der Waals surface area (Å²) in [6, 6.07) is 5.50. The van der Waals surface area contributed by atoms with Crippen LogP contribution in [0.25, 0.3) is 0 Å². The average molecular weight is 272 g/mol. The van der Waals surface area contributed by atoms with Crippen LogP contribution in [0.3, 0.4) is 0 Å². The molecule has 1 aliphatic rings. The fourth-order valence-corrected chi connectivity index (χ4v) is 2.79. The van der Waals surface area contributed by atoms with Crippen LogP contribution in [0.15, 0.2) is 18.2 Å². The van der Waals surface area contributed by atoms with Crippen LogP contribution in [0.5, 0.6) is 0 Å². The summed E-state index contributed by atoms with van der Waals surface area (Å²) in [5.74, 6) is -0.132. The molecule has 2 rings (SSSR count). The van der Waals surface area contributed by atoms with Crippen LogP contribution in [-0.4, -0.2) is 17.3 Å². The fourth-order valence-electron chi connectivity index (χ4n) is 2.13. The zero-order valence-electron chi connectivity index (χ0n) is 9.67. The minimum Gasteiger partial charge on any atom is -0.348 e. The van der Waals surface area contributed by atoms with Crippen molar-refractivity contribution in [3.8, 4) is 0 Å². The third-order valence-electron chi connectivity index (χ3n) is 3.12. The summed E-state index contributed by atoms with van der Waals surface area (Å²) < 4.78 is 0. The Morgan fingerprint density at radius 2 is 2.18 bits per heavy atom. The zero-order chi connectivity index (χ0) is 12.4. The summed E-state index contributed by atoms with van der Waals surface area (Å²) in [5.41, 5.74) is 1.57. The zero-order valence-corrected chi connectivity index (χ0v) is 11.2. The third kappa shape index (κ3) is 2.93. The number of hydrogen-bond donors (Lipinski definition) is 1. The molecule has 0 saturated heterocycles. The van der Waals surface area contributed by atoms with Crippen molar-refractivity contribution in [3.05, 3.63) is 34.3 Å². The Bertz CT molecular complexity index is 433. The number of rotatable bonds is 2. The number of hydrogen-bond acceptors (Lipinski definition) is 1. The molecule has 1 N–H and O–H groups in total. The second kappa shape index (κ2) is 5.28. The molecule has 1 aromatic carbocycles. The Morgan fingerprint density at radius 3 is 2.76 bits per heavy atom. The summed E-state index contributed by atoms with van der Waals surface area (Å²) >= 11 is 12.2. The largest absolute Gasteiger partial charge is 0.348 e. The van der Waals surface area contributed by atoms with Crippen molar-refractivity contribution < 1.29 is 4.79 Å².